The van der Waals surface area contributed by atoms with Crippen LogP contribution in [0.2, 0.25) is 0 Å². The Morgan fingerprint density at radius 2 is 2.00 bits per heavy atom. The summed E-state index contributed by atoms with van der Waals surface area (Å²) in [5, 5.41) is 7.80. The maximum atomic E-state index is 4.23. The van der Waals surface area contributed by atoms with Crippen LogP contribution in [0, 0.1) is 0 Å². The van der Waals surface area contributed by atoms with Crippen LogP contribution in [-0.2, 0) is 0 Å². The molecule has 96 valence electrons. The Labute approximate surface area is 109 Å². The summed E-state index contributed by atoms with van der Waals surface area (Å²) in [5.41, 5.74) is 2.45. The van der Waals surface area contributed by atoms with Crippen LogP contribution in [0.5, 0.6) is 0 Å². The average molecular weight is 243 g/mol. The molecule has 3 heteroatoms. The van der Waals surface area contributed by atoms with Crippen molar-refractivity contribution in [3.05, 3.63) is 48.3 Å². The van der Waals surface area contributed by atoms with Gasteiger partial charge in [-0.25, -0.2) is 4.68 Å². The highest BCUT2D eigenvalue weighted by atomic mass is 15.3. The molecule has 18 heavy (non-hydrogen) atoms. The molecule has 0 radical (unpaired) electrons. The maximum Gasteiger partial charge on any atom is 0.0645 e. The van der Waals surface area contributed by atoms with E-state index in [2.05, 4.69) is 48.5 Å². The molecule has 0 amide bonds. The van der Waals surface area contributed by atoms with E-state index >= 15 is 0 Å². The molecule has 1 aromatic heterocycles. The average Bonchev–Trinajstić information content (AvgIpc) is 2.94. The smallest absolute Gasteiger partial charge is 0.0645 e. The molecular formula is C15H21N3. The summed E-state index contributed by atoms with van der Waals surface area (Å²) in [6, 6.07) is 11.0. The fourth-order valence-corrected chi connectivity index (χ4v) is 2.10. The van der Waals surface area contributed by atoms with Crippen LogP contribution >= 0.6 is 0 Å². The minimum Gasteiger partial charge on any atom is -0.310 e. The summed E-state index contributed by atoms with van der Waals surface area (Å²) in [6.07, 6.45) is 6.04. The van der Waals surface area contributed by atoms with Gasteiger partial charge in [-0.3, -0.25) is 0 Å². The lowest BCUT2D eigenvalue weighted by molar-refractivity contribution is 0.518. The van der Waals surface area contributed by atoms with Crippen LogP contribution in [0.4, 0.5) is 0 Å². The molecule has 1 N–H and O–H groups in total. The number of rotatable bonds is 6. The van der Waals surface area contributed by atoms with E-state index in [1.807, 2.05) is 16.9 Å². The first-order valence-corrected chi connectivity index (χ1v) is 6.68. The van der Waals surface area contributed by atoms with Crippen molar-refractivity contribution in [3.63, 3.8) is 0 Å². The number of hydrogen-bond donors (Lipinski definition) is 1. The molecule has 0 aliphatic rings. The monoisotopic (exact) mass is 243 g/mol. The predicted octanol–water partition coefficient (Wildman–Crippen LogP) is 3.32. The van der Waals surface area contributed by atoms with E-state index < -0.39 is 0 Å². The number of benzene rings is 1. The van der Waals surface area contributed by atoms with E-state index in [9.17, 15) is 0 Å². The zero-order valence-corrected chi connectivity index (χ0v) is 11.1. The van der Waals surface area contributed by atoms with Gasteiger partial charge in [-0.15, -0.1) is 0 Å². The lowest BCUT2D eigenvalue weighted by Crippen LogP contribution is -2.21. The second-order valence-corrected chi connectivity index (χ2v) is 4.46. The molecule has 0 aliphatic carbocycles. The normalized spacial score (nSPS) is 12.6. The second kappa shape index (κ2) is 6.36. The van der Waals surface area contributed by atoms with Crippen molar-refractivity contribution in [2.75, 3.05) is 6.54 Å². The Morgan fingerprint density at radius 1 is 1.22 bits per heavy atom. The first-order valence-electron chi connectivity index (χ1n) is 6.68. The van der Waals surface area contributed by atoms with Gasteiger partial charge in [0.15, 0.2) is 0 Å². The van der Waals surface area contributed by atoms with Gasteiger partial charge in [-0.05, 0) is 43.1 Å². The number of aromatic nitrogens is 2. The largest absolute Gasteiger partial charge is 0.310 e. The first-order chi connectivity index (χ1) is 8.85. The first kappa shape index (κ1) is 12.8. The van der Waals surface area contributed by atoms with Crippen LogP contribution in [0.1, 0.15) is 38.3 Å². The molecule has 0 saturated heterocycles. The van der Waals surface area contributed by atoms with Crippen molar-refractivity contribution in [3.8, 4) is 5.69 Å². The van der Waals surface area contributed by atoms with E-state index in [0.717, 1.165) is 18.7 Å². The maximum absolute atomic E-state index is 4.23. The zero-order chi connectivity index (χ0) is 12.8. The minimum absolute atomic E-state index is 0.455. The molecule has 0 saturated carbocycles. The molecular weight excluding hydrogens is 222 g/mol. The van der Waals surface area contributed by atoms with Crippen LogP contribution in [0.15, 0.2) is 42.7 Å². The van der Waals surface area contributed by atoms with Gasteiger partial charge >= 0.3 is 0 Å². The minimum atomic E-state index is 0.455. The van der Waals surface area contributed by atoms with Crippen molar-refractivity contribution in [1.82, 2.24) is 15.1 Å². The Balaban J connectivity index is 2.11. The zero-order valence-electron chi connectivity index (χ0n) is 11.1. The molecule has 1 atom stereocenters. The van der Waals surface area contributed by atoms with Gasteiger partial charge in [0.1, 0.15) is 0 Å². The third-order valence-corrected chi connectivity index (χ3v) is 3.11. The van der Waals surface area contributed by atoms with Crippen LogP contribution in [0.3, 0.4) is 0 Å². The molecule has 1 unspecified atom stereocenters. The fourth-order valence-electron chi connectivity index (χ4n) is 2.10. The van der Waals surface area contributed by atoms with Gasteiger partial charge in [-0.2, -0.15) is 5.10 Å². The van der Waals surface area contributed by atoms with E-state index in [0.29, 0.717) is 6.04 Å². The molecule has 2 aromatic rings. The Morgan fingerprint density at radius 3 is 2.56 bits per heavy atom. The van der Waals surface area contributed by atoms with Gasteiger partial charge in [-0.1, -0.05) is 26.0 Å². The highest BCUT2D eigenvalue weighted by Crippen LogP contribution is 2.18. The van der Waals surface area contributed by atoms with E-state index in [1.165, 1.54) is 12.0 Å². The summed E-state index contributed by atoms with van der Waals surface area (Å²) in [5.74, 6) is 0. The highest BCUT2D eigenvalue weighted by Gasteiger charge is 2.07. The van der Waals surface area contributed by atoms with Gasteiger partial charge in [0.05, 0.1) is 5.69 Å². The van der Waals surface area contributed by atoms with E-state index in [4.69, 9.17) is 0 Å². The van der Waals surface area contributed by atoms with Gasteiger partial charge in [0.2, 0.25) is 0 Å². The van der Waals surface area contributed by atoms with Crippen molar-refractivity contribution in [2.24, 2.45) is 0 Å². The fraction of sp³-hybridized carbons (Fsp3) is 0.400. The van der Waals surface area contributed by atoms with Crippen LogP contribution in [0.25, 0.3) is 5.69 Å². The SMILES string of the molecule is CCCNC(CC)c1ccc(-n2cccn2)cc1. The Hall–Kier alpha value is -1.61. The number of hydrogen-bond acceptors (Lipinski definition) is 2. The Bertz CT molecular complexity index is 445. The van der Waals surface area contributed by atoms with Crippen LogP contribution < -0.4 is 5.32 Å². The van der Waals surface area contributed by atoms with E-state index in [1.54, 1.807) is 6.20 Å². The summed E-state index contributed by atoms with van der Waals surface area (Å²) in [7, 11) is 0. The van der Waals surface area contributed by atoms with Crippen molar-refractivity contribution >= 4 is 0 Å². The summed E-state index contributed by atoms with van der Waals surface area (Å²) in [4.78, 5) is 0. The van der Waals surface area contributed by atoms with Gasteiger partial charge in [0.25, 0.3) is 0 Å². The van der Waals surface area contributed by atoms with Crippen molar-refractivity contribution in [1.29, 1.82) is 0 Å². The number of nitrogens with zero attached hydrogens (tertiary/aromatic N) is 2. The topological polar surface area (TPSA) is 29.9 Å². The van der Waals surface area contributed by atoms with Gasteiger partial charge < -0.3 is 5.32 Å². The number of nitrogens with one attached hydrogen (secondary N) is 1. The summed E-state index contributed by atoms with van der Waals surface area (Å²) >= 11 is 0. The molecule has 0 fully saturated rings. The summed E-state index contributed by atoms with van der Waals surface area (Å²) < 4.78 is 1.88. The molecule has 1 heterocycles. The lowest BCUT2D eigenvalue weighted by atomic mass is 10.0. The Kier molecular flexibility index (Phi) is 4.53. The molecule has 0 aliphatic heterocycles. The molecule has 3 nitrogen and oxygen atoms in total. The third kappa shape index (κ3) is 2.99. The lowest BCUT2D eigenvalue weighted by Gasteiger charge is -2.17. The van der Waals surface area contributed by atoms with Crippen molar-refractivity contribution in [2.45, 2.75) is 32.7 Å². The van der Waals surface area contributed by atoms with Crippen LogP contribution in [-0.4, -0.2) is 16.3 Å². The quantitative estimate of drug-likeness (QED) is 0.843. The van der Waals surface area contributed by atoms with Crippen molar-refractivity contribution < 1.29 is 0 Å². The molecule has 1 aromatic carbocycles. The second-order valence-electron chi connectivity index (χ2n) is 4.46. The third-order valence-electron chi connectivity index (χ3n) is 3.11. The molecule has 0 spiro atoms. The predicted molar refractivity (Wildman–Crippen MR) is 74.9 cm³/mol. The summed E-state index contributed by atoms with van der Waals surface area (Å²) in [6.45, 7) is 5.48. The van der Waals surface area contributed by atoms with Gasteiger partial charge in [0, 0.05) is 18.4 Å². The highest BCUT2D eigenvalue weighted by molar-refractivity contribution is 5.34. The standard InChI is InChI=1S/C15H21N3/c1-3-10-16-15(4-2)13-6-8-14(9-7-13)18-12-5-11-17-18/h5-9,11-12,15-16H,3-4,10H2,1-2H3. The van der Waals surface area contributed by atoms with E-state index in [-0.39, 0.29) is 0 Å². The molecule has 0 bridgehead atoms. The molecule has 2 rings (SSSR count).